The Morgan fingerprint density at radius 2 is 2.36 bits per heavy atom. The Morgan fingerprint density at radius 1 is 1.64 bits per heavy atom. The molecule has 0 aliphatic carbocycles. The second-order valence-electron chi connectivity index (χ2n) is 3.00. The van der Waals surface area contributed by atoms with Crippen molar-refractivity contribution in [3.63, 3.8) is 0 Å². The highest BCUT2D eigenvalue weighted by atomic mass is 16.6. The van der Waals surface area contributed by atoms with Crippen LogP contribution in [-0.4, -0.2) is 18.2 Å². The van der Waals surface area contributed by atoms with Gasteiger partial charge in [0.2, 0.25) is 0 Å². The van der Waals surface area contributed by atoms with Crippen LogP contribution >= 0.6 is 0 Å². The van der Waals surface area contributed by atoms with Gasteiger partial charge in [0, 0.05) is 0 Å². The third kappa shape index (κ3) is 2.10. The molecule has 11 heavy (non-hydrogen) atoms. The highest BCUT2D eigenvalue weighted by Gasteiger charge is 2.29. The van der Waals surface area contributed by atoms with Crippen molar-refractivity contribution in [3.05, 3.63) is 0 Å². The van der Waals surface area contributed by atoms with Crippen molar-refractivity contribution >= 4 is 6.09 Å². The molecule has 0 unspecified atom stereocenters. The standard InChI is InChI=1S/C8H15NO2/c1-3-4-5-7-6(2)11-8(10)9-7/h6-7H,3-5H2,1-2H3,(H,9,10)/t6-,7-/m1/s1. The Kier molecular flexibility index (Phi) is 2.74. The Labute approximate surface area is 67.1 Å². The van der Waals surface area contributed by atoms with Crippen molar-refractivity contribution in [2.75, 3.05) is 0 Å². The molecule has 1 fully saturated rings. The Bertz CT molecular complexity index is 147. The van der Waals surface area contributed by atoms with Crippen molar-refractivity contribution in [2.45, 2.75) is 45.3 Å². The van der Waals surface area contributed by atoms with E-state index in [1.807, 2.05) is 6.92 Å². The summed E-state index contributed by atoms with van der Waals surface area (Å²) in [5.41, 5.74) is 0. The van der Waals surface area contributed by atoms with Crippen molar-refractivity contribution in [1.82, 2.24) is 5.32 Å². The average molecular weight is 157 g/mol. The van der Waals surface area contributed by atoms with Gasteiger partial charge >= 0.3 is 6.09 Å². The summed E-state index contributed by atoms with van der Waals surface area (Å²) in [6.45, 7) is 4.07. The van der Waals surface area contributed by atoms with E-state index in [-0.39, 0.29) is 18.2 Å². The van der Waals surface area contributed by atoms with Gasteiger partial charge in [-0.3, -0.25) is 0 Å². The molecule has 1 saturated heterocycles. The van der Waals surface area contributed by atoms with Crippen LogP contribution in [0.15, 0.2) is 0 Å². The first kappa shape index (κ1) is 8.37. The maximum atomic E-state index is 10.7. The first-order valence-corrected chi connectivity index (χ1v) is 4.21. The van der Waals surface area contributed by atoms with E-state index in [0.29, 0.717) is 0 Å². The Balaban J connectivity index is 2.28. The minimum absolute atomic E-state index is 0.0500. The van der Waals surface area contributed by atoms with E-state index in [0.717, 1.165) is 12.8 Å². The molecular weight excluding hydrogens is 142 g/mol. The molecule has 64 valence electrons. The van der Waals surface area contributed by atoms with Gasteiger partial charge in [-0.25, -0.2) is 4.79 Å². The van der Waals surface area contributed by atoms with E-state index in [2.05, 4.69) is 12.2 Å². The van der Waals surface area contributed by atoms with Crippen LogP contribution in [0.2, 0.25) is 0 Å². The summed E-state index contributed by atoms with van der Waals surface area (Å²) in [4.78, 5) is 10.7. The average Bonchev–Trinajstić information content (AvgIpc) is 2.26. The van der Waals surface area contributed by atoms with Gasteiger partial charge < -0.3 is 10.1 Å². The molecule has 0 aromatic carbocycles. The number of hydrogen-bond acceptors (Lipinski definition) is 2. The fourth-order valence-corrected chi connectivity index (χ4v) is 1.28. The van der Waals surface area contributed by atoms with E-state index >= 15 is 0 Å². The molecule has 2 atom stereocenters. The highest BCUT2D eigenvalue weighted by Crippen LogP contribution is 2.13. The number of alkyl carbamates (subject to hydrolysis) is 1. The number of amides is 1. The zero-order valence-corrected chi connectivity index (χ0v) is 7.09. The predicted octanol–water partition coefficient (Wildman–Crippen LogP) is 1.67. The predicted molar refractivity (Wildman–Crippen MR) is 42.4 cm³/mol. The summed E-state index contributed by atoms with van der Waals surface area (Å²) < 4.78 is 4.92. The minimum Gasteiger partial charge on any atom is -0.444 e. The van der Waals surface area contributed by atoms with E-state index < -0.39 is 0 Å². The van der Waals surface area contributed by atoms with Gasteiger partial charge in [0.1, 0.15) is 6.10 Å². The quantitative estimate of drug-likeness (QED) is 0.676. The molecule has 3 nitrogen and oxygen atoms in total. The molecule has 1 amide bonds. The third-order valence-electron chi connectivity index (χ3n) is 2.03. The molecule has 0 bridgehead atoms. The van der Waals surface area contributed by atoms with Gasteiger partial charge in [0.15, 0.2) is 0 Å². The molecule has 1 heterocycles. The number of unbranched alkanes of at least 4 members (excludes halogenated alkanes) is 1. The van der Waals surface area contributed by atoms with Crippen LogP contribution in [0.5, 0.6) is 0 Å². The lowest BCUT2D eigenvalue weighted by molar-refractivity contribution is 0.140. The molecule has 3 heteroatoms. The zero-order valence-electron chi connectivity index (χ0n) is 7.09. The topological polar surface area (TPSA) is 38.3 Å². The fourth-order valence-electron chi connectivity index (χ4n) is 1.28. The number of carbonyl (C=O) groups is 1. The summed E-state index contributed by atoms with van der Waals surface area (Å²) in [7, 11) is 0. The first-order chi connectivity index (χ1) is 5.24. The van der Waals surface area contributed by atoms with E-state index in [1.54, 1.807) is 0 Å². The molecule has 0 radical (unpaired) electrons. The number of carbonyl (C=O) groups excluding carboxylic acids is 1. The second kappa shape index (κ2) is 3.60. The van der Waals surface area contributed by atoms with Crippen molar-refractivity contribution in [2.24, 2.45) is 0 Å². The van der Waals surface area contributed by atoms with E-state index in [1.165, 1.54) is 6.42 Å². The molecule has 1 rings (SSSR count). The van der Waals surface area contributed by atoms with Crippen LogP contribution in [0.3, 0.4) is 0 Å². The summed E-state index contributed by atoms with van der Waals surface area (Å²) in [5.74, 6) is 0. The molecule has 0 aromatic rings. The van der Waals surface area contributed by atoms with Crippen LogP contribution in [0, 0.1) is 0 Å². The number of rotatable bonds is 3. The lowest BCUT2D eigenvalue weighted by atomic mass is 10.1. The number of hydrogen-bond donors (Lipinski definition) is 1. The van der Waals surface area contributed by atoms with Gasteiger partial charge in [-0.05, 0) is 13.3 Å². The van der Waals surface area contributed by atoms with Crippen LogP contribution in [0.1, 0.15) is 33.1 Å². The van der Waals surface area contributed by atoms with Crippen LogP contribution in [-0.2, 0) is 4.74 Å². The maximum Gasteiger partial charge on any atom is 0.407 e. The largest absolute Gasteiger partial charge is 0.444 e. The molecule has 1 N–H and O–H groups in total. The normalized spacial score (nSPS) is 29.8. The van der Waals surface area contributed by atoms with Crippen LogP contribution < -0.4 is 5.32 Å². The van der Waals surface area contributed by atoms with E-state index in [4.69, 9.17) is 4.74 Å². The Morgan fingerprint density at radius 3 is 2.82 bits per heavy atom. The maximum absolute atomic E-state index is 10.7. The molecular formula is C8H15NO2. The summed E-state index contributed by atoms with van der Waals surface area (Å²) in [5, 5.41) is 2.78. The molecule has 1 aliphatic heterocycles. The van der Waals surface area contributed by atoms with E-state index in [9.17, 15) is 4.79 Å². The molecule has 0 aromatic heterocycles. The number of ether oxygens (including phenoxy) is 1. The Hall–Kier alpha value is -0.730. The fraction of sp³-hybridized carbons (Fsp3) is 0.875. The lowest BCUT2D eigenvalue weighted by Gasteiger charge is -2.10. The van der Waals surface area contributed by atoms with Crippen LogP contribution in [0.4, 0.5) is 4.79 Å². The van der Waals surface area contributed by atoms with Gasteiger partial charge in [-0.2, -0.15) is 0 Å². The lowest BCUT2D eigenvalue weighted by Crippen LogP contribution is -2.29. The van der Waals surface area contributed by atoms with Gasteiger partial charge in [-0.15, -0.1) is 0 Å². The molecule has 0 saturated carbocycles. The first-order valence-electron chi connectivity index (χ1n) is 4.21. The SMILES string of the molecule is CCCC[C@H]1NC(=O)O[C@@H]1C. The van der Waals surface area contributed by atoms with Crippen LogP contribution in [0.25, 0.3) is 0 Å². The molecule has 1 aliphatic rings. The zero-order chi connectivity index (χ0) is 8.27. The van der Waals surface area contributed by atoms with Gasteiger partial charge in [-0.1, -0.05) is 19.8 Å². The summed E-state index contributed by atoms with van der Waals surface area (Å²) in [6.07, 6.45) is 3.13. The van der Waals surface area contributed by atoms with Crippen molar-refractivity contribution in [1.29, 1.82) is 0 Å². The van der Waals surface area contributed by atoms with Crippen molar-refractivity contribution < 1.29 is 9.53 Å². The second-order valence-corrected chi connectivity index (χ2v) is 3.00. The number of nitrogens with one attached hydrogen (secondary N) is 1. The van der Waals surface area contributed by atoms with Gasteiger partial charge in [0.05, 0.1) is 6.04 Å². The van der Waals surface area contributed by atoms with Crippen molar-refractivity contribution in [3.8, 4) is 0 Å². The smallest absolute Gasteiger partial charge is 0.407 e. The number of cyclic esters (lactones) is 1. The third-order valence-corrected chi connectivity index (χ3v) is 2.03. The summed E-state index contributed by atoms with van der Waals surface area (Å²) >= 11 is 0. The van der Waals surface area contributed by atoms with Gasteiger partial charge in [0.25, 0.3) is 0 Å². The minimum atomic E-state index is -0.265. The molecule has 0 spiro atoms. The summed E-state index contributed by atoms with van der Waals surface area (Å²) in [6, 6.07) is 0.238. The monoisotopic (exact) mass is 157 g/mol. The highest BCUT2D eigenvalue weighted by molar-refractivity contribution is 5.70.